The van der Waals surface area contributed by atoms with Crippen LogP contribution in [-0.2, 0) is 11.3 Å². The minimum Gasteiger partial charge on any atom is -0.388 e. The molecule has 0 saturated carbocycles. The van der Waals surface area contributed by atoms with Crippen LogP contribution in [-0.4, -0.2) is 51.4 Å². The van der Waals surface area contributed by atoms with Crippen LogP contribution in [0.15, 0.2) is 18.3 Å². The van der Waals surface area contributed by atoms with Crippen molar-refractivity contribution in [2.75, 3.05) is 19.6 Å². The van der Waals surface area contributed by atoms with Crippen LogP contribution in [0.1, 0.15) is 24.1 Å². The Morgan fingerprint density at radius 3 is 3.15 bits per heavy atom. The maximum Gasteiger partial charge on any atom is 0.222 e. The maximum absolute atomic E-state index is 11.7. The van der Waals surface area contributed by atoms with Crippen molar-refractivity contribution in [1.82, 2.24) is 14.8 Å². The summed E-state index contributed by atoms with van der Waals surface area (Å²) < 4.78 is 0. The first-order chi connectivity index (χ1) is 9.63. The summed E-state index contributed by atoms with van der Waals surface area (Å²) in [5, 5.41) is 0. The Morgan fingerprint density at radius 1 is 1.50 bits per heavy atom. The molecule has 2 fully saturated rings. The third-order valence-corrected chi connectivity index (χ3v) is 4.27. The largest absolute Gasteiger partial charge is 0.388 e. The molecule has 2 saturated heterocycles. The minimum atomic E-state index is 0.314. The molecule has 5 nitrogen and oxygen atoms in total. The van der Waals surface area contributed by atoms with Crippen molar-refractivity contribution in [3.8, 4) is 0 Å². The van der Waals surface area contributed by atoms with E-state index in [0.29, 0.717) is 29.1 Å². The molecule has 106 valence electrons. The minimum absolute atomic E-state index is 0.314. The van der Waals surface area contributed by atoms with Gasteiger partial charge in [0.25, 0.3) is 0 Å². The number of aromatic nitrogens is 1. The Balaban J connectivity index is 1.65. The summed E-state index contributed by atoms with van der Waals surface area (Å²) in [6, 6.07) is 4.34. The van der Waals surface area contributed by atoms with Crippen molar-refractivity contribution in [3.63, 3.8) is 0 Å². The summed E-state index contributed by atoms with van der Waals surface area (Å²) in [5.74, 6) is 0.314. The predicted octanol–water partition coefficient (Wildman–Crippen LogP) is 0.522. The van der Waals surface area contributed by atoms with E-state index in [1.807, 2.05) is 17.0 Å². The van der Waals surface area contributed by atoms with E-state index in [4.69, 9.17) is 18.0 Å². The van der Waals surface area contributed by atoms with Gasteiger partial charge in [0.1, 0.15) is 4.99 Å². The lowest BCUT2D eigenvalue weighted by molar-refractivity contribution is -0.130. The van der Waals surface area contributed by atoms with E-state index in [-0.39, 0.29) is 0 Å². The van der Waals surface area contributed by atoms with Crippen LogP contribution < -0.4 is 5.73 Å². The first-order valence-electron chi connectivity index (χ1n) is 6.90. The van der Waals surface area contributed by atoms with Crippen molar-refractivity contribution >= 4 is 23.1 Å². The summed E-state index contributed by atoms with van der Waals surface area (Å²) in [6.07, 6.45) is 3.45. The number of piperazine rings is 1. The lowest BCUT2D eigenvalue weighted by Crippen LogP contribution is -2.50. The topological polar surface area (TPSA) is 62.5 Å². The molecule has 0 aromatic carbocycles. The molecule has 6 heteroatoms. The van der Waals surface area contributed by atoms with Crippen LogP contribution in [0.25, 0.3) is 0 Å². The molecule has 1 atom stereocenters. The van der Waals surface area contributed by atoms with E-state index in [1.54, 1.807) is 6.20 Å². The molecule has 2 aliphatic heterocycles. The Labute approximate surface area is 123 Å². The molecule has 0 radical (unpaired) electrons. The van der Waals surface area contributed by atoms with Gasteiger partial charge in [-0.1, -0.05) is 12.2 Å². The van der Waals surface area contributed by atoms with Crippen molar-refractivity contribution in [1.29, 1.82) is 0 Å². The second kappa shape index (κ2) is 5.46. The number of nitrogens with two attached hydrogens (primary N) is 1. The number of rotatable bonds is 3. The molecule has 2 aliphatic rings. The molecule has 3 heterocycles. The van der Waals surface area contributed by atoms with E-state index in [1.165, 1.54) is 5.56 Å². The average Bonchev–Trinajstić information content (AvgIpc) is 2.80. The van der Waals surface area contributed by atoms with Gasteiger partial charge in [0.05, 0.1) is 5.69 Å². The summed E-state index contributed by atoms with van der Waals surface area (Å²) in [6.45, 7) is 3.58. The molecule has 3 rings (SSSR count). The van der Waals surface area contributed by atoms with Gasteiger partial charge in [0.2, 0.25) is 5.91 Å². The van der Waals surface area contributed by atoms with Crippen molar-refractivity contribution in [2.45, 2.75) is 25.4 Å². The third-order valence-electron chi connectivity index (χ3n) is 4.06. The number of fused-ring (bicyclic) bond motifs is 1. The highest BCUT2D eigenvalue weighted by atomic mass is 32.1. The van der Waals surface area contributed by atoms with E-state index < -0.39 is 0 Å². The van der Waals surface area contributed by atoms with Crippen molar-refractivity contribution < 1.29 is 4.79 Å². The standard InChI is InChI=1S/C14H18N4OS/c15-14(20)12-7-10(3-4-16-12)8-17-5-6-18-11(9-17)1-2-13(18)19/h3-4,7,11H,1-2,5-6,8-9H2,(H2,15,20). The number of pyridine rings is 1. The fourth-order valence-corrected chi connectivity index (χ4v) is 3.15. The van der Waals surface area contributed by atoms with Gasteiger partial charge in [-0.25, -0.2) is 0 Å². The molecule has 0 aliphatic carbocycles. The van der Waals surface area contributed by atoms with Crippen LogP contribution in [0.3, 0.4) is 0 Å². The maximum atomic E-state index is 11.7. The SMILES string of the molecule is NC(=S)c1cc(CN2CCN3C(=O)CCC3C2)ccn1. The molecule has 1 unspecified atom stereocenters. The van der Waals surface area contributed by atoms with Gasteiger partial charge in [-0.2, -0.15) is 0 Å². The normalized spacial score (nSPS) is 22.9. The highest BCUT2D eigenvalue weighted by molar-refractivity contribution is 7.80. The van der Waals surface area contributed by atoms with Gasteiger partial charge in [0.15, 0.2) is 0 Å². The van der Waals surface area contributed by atoms with Crippen LogP contribution in [0.2, 0.25) is 0 Å². The Morgan fingerprint density at radius 2 is 2.35 bits per heavy atom. The number of hydrogen-bond acceptors (Lipinski definition) is 4. The average molecular weight is 290 g/mol. The highest BCUT2D eigenvalue weighted by Gasteiger charge is 2.35. The number of amides is 1. The predicted molar refractivity (Wildman–Crippen MR) is 80.1 cm³/mol. The second-order valence-electron chi connectivity index (χ2n) is 5.43. The number of carbonyl (C=O) groups excluding carboxylic acids is 1. The van der Waals surface area contributed by atoms with E-state index in [9.17, 15) is 4.79 Å². The fraction of sp³-hybridized carbons (Fsp3) is 0.500. The summed E-state index contributed by atoms with van der Waals surface area (Å²) in [4.78, 5) is 20.6. The second-order valence-corrected chi connectivity index (χ2v) is 5.87. The van der Waals surface area contributed by atoms with Gasteiger partial charge >= 0.3 is 0 Å². The molecule has 1 aromatic rings. The molecule has 0 bridgehead atoms. The van der Waals surface area contributed by atoms with E-state index >= 15 is 0 Å². The van der Waals surface area contributed by atoms with E-state index in [2.05, 4.69) is 9.88 Å². The summed E-state index contributed by atoms with van der Waals surface area (Å²) in [5.41, 5.74) is 7.45. The number of hydrogen-bond donors (Lipinski definition) is 1. The van der Waals surface area contributed by atoms with Crippen LogP contribution in [0, 0.1) is 0 Å². The molecule has 0 spiro atoms. The molecular weight excluding hydrogens is 272 g/mol. The highest BCUT2D eigenvalue weighted by Crippen LogP contribution is 2.23. The zero-order valence-corrected chi connectivity index (χ0v) is 12.1. The van der Waals surface area contributed by atoms with Gasteiger partial charge < -0.3 is 10.6 Å². The Bertz CT molecular complexity index is 548. The fourth-order valence-electron chi connectivity index (χ4n) is 3.04. The molecule has 1 aromatic heterocycles. The lowest BCUT2D eigenvalue weighted by atomic mass is 10.1. The van der Waals surface area contributed by atoms with Gasteiger partial charge in [0, 0.05) is 44.8 Å². The van der Waals surface area contributed by atoms with E-state index in [0.717, 1.165) is 32.6 Å². The lowest BCUT2D eigenvalue weighted by Gasteiger charge is -2.37. The van der Waals surface area contributed by atoms with Crippen molar-refractivity contribution in [2.24, 2.45) is 5.73 Å². The number of carbonyl (C=O) groups is 1. The van der Waals surface area contributed by atoms with Crippen LogP contribution in [0.5, 0.6) is 0 Å². The Kier molecular flexibility index (Phi) is 3.67. The summed E-state index contributed by atoms with van der Waals surface area (Å²) >= 11 is 4.96. The zero-order valence-electron chi connectivity index (χ0n) is 11.3. The summed E-state index contributed by atoms with van der Waals surface area (Å²) in [7, 11) is 0. The number of thiocarbonyl (C=S) groups is 1. The van der Waals surface area contributed by atoms with Gasteiger partial charge in [-0.05, 0) is 24.1 Å². The first-order valence-corrected chi connectivity index (χ1v) is 7.31. The number of nitrogens with zero attached hydrogens (tertiary/aromatic N) is 3. The molecule has 1 amide bonds. The zero-order chi connectivity index (χ0) is 14.1. The monoisotopic (exact) mass is 290 g/mol. The van der Waals surface area contributed by atoms with Crippen LogP contribution >= 0.6 is 12.2 Å². The molecule has 2 N–H and O–H groups in total. The Hall–Kier alpha value is -1.53. The quantitative estimate of drug-likeness (QED) is 0.823. The first kappa shape index (κ1) is 13.5. The van der Waals surface area contributed by atoms with Crippen molar-refractivity contribution in [3.05, 3.63) is 29.6 Å². The van der Waals surface area contributed by atoms with Gasteiger partial charge in [-0.3, -0.25) is 14.7 Å². The molecule has 20 heavy (non-hydrogen) atoms. The molecular formula is C14H18N4OS. The van der Waals surface area contributed by atoms with Crippen LogP contribution in [0.4, 0.5) is 0 Å². The smallest absolute Gasteiger partial charge is 0.222 e. The van der Waals surface area contributed by atoms with Gasteiger partial charge in [-0.15, -0.1) is 0 Å². The third kappa shape index (κ3) is 2.66.